The molecule has 0 aromatic heterocycles. The van der Waals surface area contributed by atoms with Crippen molar-refractivity contribution in [2.24, 2.45) is 5.92 Å². The number of ether oxygens (including phenoxy) is 1. The molecule has 1 aliphatic heterocycles. The van der Waals surface area contributed by atoms with Crippen molar-refractivity contribution in [2.45, 2.75) is 19.9 Å². The molecule has 2 aromatic rings. The van der Waals surface area contributed by atoms with Crippen molar-refractivity contribution in [3.63, 3.8) is 0 Å². The third-order valence-electron chi connectivity index (χ3n) is 3.90. The van der Waals surface area contributed by atoms with Crippen LogP contribution in [-0.2, 0) is 0 Å². The monoisotopic (exact) mass is 271 g/mol. The van der Waals surface area contributed by atoms with Gasteiger partial charge in [0.25, 0.3) is 0 Å². The first-order valence-corrected chi connectivity index (χ1v) is 6.90. The van der Waals surface area contributed by atoms with Gasteiger partial charge in [-0.25, -0.2) is 4.39 Å². The quantitative estimate of drug-likeness (QED) is 0.878. The molecule has 2 unspecified atom stereocenters. The van der Waals surface area contributed by atoms with E-state index < -0.39 is 0 Å². The van der Waals surface area contributed by atoms with Crippen molar-refractivity contribution in [1.29, 1.82) is 0 Å². The number of fused-ring (bicyclic) bond motifs is 1. The van der Waals surface area contributed by atoms with Gasteiger partial charge >= 0.3 is 0 Å². The molecule has 3 heteroatoms. The van der Waals surface area contributed by atoms with Gasteiger partial charge in [0.15, 0.2) is 0 Å². The van der Waals surface area contributed by atoms with Gasteiger partial charge < -0.3 is 10.1 Å². The Morgan fingerprint density at radius 3 is 2.80 bits per heavy atom. The number of hydrogen-bond donors (Lipinski definition) is 1. The Balaban J connectivity index is 1.96. The minimum absolute atomic E-state index is 0.139. The minimum atomic E-state index is -0.178. The molecule has 1 N–H and O–H groups in total. The summed E-state index contributed by atoms with van der Waals surface area (Å²) in [6.45, 7) is 4.61. The lowest BCUT2D eigenvalue weighted by molar-refractivity contribution is 0.214. The predicted octanol–water partition coefficient (Wildman–Crippen LogP) is 4.32. The van der Waals surface area contributed by atoms with E-state index in [0.717, 1.165) is 17.0 Å². The van der Waals surface area contributed by atoms with Gasteiger partial charge in [-0.15, -0.1) is 0 Å². The third kappa shape index (κ3) is 2.24. The van der Waals surface area contributed by atoms with E-state index in [1.54, 1.807) is 13.0 Å². The van der Waals surface area contributed by atoms with Crippen molar-refractivity contribution in [2.75, 3.05) is 11.9 Å². The van der Waals surface area contributed by atoms with Crippen LogP contribution in [0.15, 0.2) is 42.5 Å². The van der Waals surface area contributed by atoms with Crippen LogP contribution < -0.4 is 10.1 Å². The Morgan fingerprint density at radius 1 is 1.15 bits per heavy atom. The lowest BCUT2D eigenvalue weighted by Gasteiger charge is -2.33. The SMILES string of the molecule is Cc1c(F)cccc1NC1c2ccccc2OCC1C. The first-order valence-electron chi connectivity index (χ1n) is 6.90. The van der Waals surface area contributed by atoms with Crippen LogP contribution >= 0.6 is 0 Å². The highest BCUT2D eigenvalue weighted by molar-refractivity contribution is 5.54. The standard InChI is InChI=1S/C17H18FNO/c1-11-10-20-16-9-4-3-6-13(16)17(11)19-15-8-5-7-14(18)12(15)2/h3-9,11,17,19H,10H2,1-2H3. The van der Waals surface area contributed by atoms with E-state index in [4.69, 9.17) is 4.74 Å². The van der Waals surface area contributed by atoms with Gasteiger partial charge in [-0.2, -0.15) is 0 Å². The van der Waals surface area contributed by atoms with Crippen LogP contribution in [-0.4, -0.2) is 6.61 Å². The largest absolute Gasteiger partial charge is 0.493 e. The highest BCUT2D eigenvalue weighted by Gasteiger charge is 2.27. The predicted molar refractivity (Wildman–Crippen MR) is 78.6 cm³/mol. The molecule has 0 spiro atoms. The minimum Gasteiger partial charge on any atom is -0.493 e. The van der Waals surface area contributed by atoms with E-state index in [1.807, 2.05) is 24.3 Å². The van der Waals surface area contributed by atoms with Crippen LogP contribution in [0.25, 0.3) is 0 Å². The van der Waals surface area contributed by atoms with Crippen molar-refractivity contribution >= 4 is 5.69 Å². The molecule has 2 nitrogen and oxygen atoms in total. The number of para-hydroxylation sites is 1. The summed E-state index contributed by atoms with van der Waals surface area (Å²) in [6.07, 6.45) is 0. The average Bonchev–Trinajstić information content (AvgIpc) is 2.46. The summed E-state index contributed by atoms with van der Waals surface area (Å²) in [5.41, 5.74) is 2.64. The zero-order chi connectivity index (χ0) is 14.1. The van der Waals surface area contributed by atoms with Gasteiger partial charge in [0.2, 0.25) is 0 Å². The Kier molecular flexibility index (Phi) is 3.35. The molecule has 0 radical (unpaired) electrons. The lowest BCUT2D eigenvalue weighted by atomic mass is 9.91. The van der Waals surface area contributed by atoms with Gasteiger partial charge in [0.1, 0.15) is 11.6 Å². The maximum absolute atomic E-state index is 13.7. The molecule has 1 aliphatic rings. The summed E-state index contributed by atoms with van der Waals surface area (Å²) in [5.74, 6) is 1.06. The molecule has 2 atom stereocenters. The van der Waals surface area contributed by atoms with Crippen LogP contribution in [0.4, 0.5) is 10.1 Å². The second-order valence-electron chi connectivity index (χ2n) is 5.36. The molecule has 2 aromatic carbocycles. The van der Waals surface area contributed by atoms with Crippen molar-refractivity contribution in [3.05, 3.63) is 59.4 Å². The molecule has 0 bridgehead atoms. The van der Waals surface area contributed by atoms with Crippen molar-refractivity contribution < 1.29 is 9.13 Å². The Bertz CT molecular complexity index is 626. The molecule has 1 heterocycles. The number of anilines is 1. The van der Waals surface area contributed by atoms with Gasteiger partial charge in [-0.1, -0.05) is 31.2 Å². The normalized spacial score (nSPS) is 20.9. The molecule has 104 valence electrons. The first-order chi connectivity index (χ1) is 9.66. The summed E-state index contributed by atoms with van der Waals surface area (Å²) in [7, 11) is 0. The summed E-state index contributed by atoms with van der Waals surface area (Å²) in [5, 5.41) is 3.48. The average molecular weight is 271 g/mol. The van der Waals surface area contributed by atoms with E-state index in [2.05, 4.69) is 18.3 Å². The zero-order valence-corrected chi connectivity index (χ0v) is 11.7. The smallest absolute Gasteiger partial charge is 0.128 e. The Hall–Kier alpha value is -2.03. The summed E-state index contributed by atoms with van der Waals surface area (Å²) >= 11 is 0. The van der Waals surface area contributed by atoms with Gasteiger partial charge in [-0.3, -0.25) is 0 Å². The number of nitrogens with one attached hydrogen (secondary N) is 1. The fraction of sp³-hybridized carbons (Fsp3) is 0.294. The molecule has 0 aliphatic carbocycles. The first kappa shape index (κ1) is 13.0. The van der Waals surface area contributed by atoms with E-state index in [9.17, 15) is 4.39 Å². The van der Waals surface area contributed by atoms with E-state index in [0.29, 0.717) is 18.1 Å². The van der Waals surface area contributed by atoms with Crippen molar-refractivity contribution in [1.82, 2.24) is 0 Å². The Labute approximate surface area is 118 Å². The second-order valence-corrected chi connectivity index (χ2v) is 5.36. The van der Waals surface area contributed by atoms with Crippen LogP contribution in [0.5, 0.6) is 5.75 Å². The second kappa shape index (κ2) is 5.16. The van der Waals surface area contributed by atoms with Crippen LogP contribution in [0.3, 0.4) is 0 Å². The number of rotatable bonds is 2. The number of benzene rings is 2. The maximum atomic E-state index is 13.7. The van der Waals surface area contributed by atoms with Gasteiger partial charge in [0, 0.05) is 22.7 Å². The molecule has 0 saturated carbocycles. The zero-order valence-electron chi connectivity index (χ0n) is 11.7. The fourth-order valence-electron chi connectivity index (χ4n) is 2.64. The molecule has 0 fully saturated rings. The van der Waals surface area contributed by atoms with Crippen LogP contribution in [0.2, 0.25) is 0 Å². The van der Waals surface area contributed by atoms with Crippen LogP contribution in [0, 0.1) is 18.7 Å². The summed E-state index contributed by atoms with van der Waals surface area (Å²) in [6, 6.07) is 13.3. The van der Waals surface area contributed by atoms with E-state index in [1.165, 1.54) is 6.07 Å². The topological polar surface area (TPSA) is 21.3 Å². The molecule has 3 rings (SSSR count). The number of halogens is 1. The molecule has 0 saturated heterocycles. The molecular weight excluding hydrogens is 253 g/mol. The highest BCUT2D eigenvalue weighted by Crippen LogP contribution is 2.37. The van der Waals surface area contributed by atoms with Crippen LogP contribution in [0.1, 0.15) is 24.1 Å². The Morgan fingerprint density at radius 2 is 1.95 bits per heavy atom. The molecule has 20 heavy (non-hydrogen) atoms. The van der Waals surface area contributed by atoms with E-state index in [-0.39, 0.29) is 11.9 Å². The van der Waals surface area contributed by atoms with Gasteiger partial charge in [0.05, 0.1) is 12.6 Å². The third-order valence-corrected chi connectivity index (χ3v) is 3.90. The van der Waals surface area contributed by atoms with Crippen molar-refractivity contribution in [3.8, 4) is 5.75 Å². The summed E-state index contributed by atoms with van der Waals surface area (Å²) < 4.78 is 19.4. The number of hydrogen-bond acceptors (Lipinski definition) is 2. The highest BCUT2D eigenvalue weighted by atomic mass is 19.1. The fourth-order valence-corrected chi connectivity index (χ4v) is 2.64. The lowest BCUT2D eigenvalue weighted by Crippen LogP contribution is -2.29. The van der Waals surface area contributed by atoms with E-state index >= 15 is 0 Å². The molecule has 0 amide bonds. The maximum Gasteiger partial charge on any atom is 0.128 e. The van der Waals surface area contributed by atoms with Gasteiger partial charge in [-0.05, 0) is 25.1 Å². The summed E-state index contributed by atoms with van der Waals surface area (Å²) in [4.78, 5) is 0. The molecular formula is C17H18FNO.